The Morgan fingerprint density at radius 3 is 2.83 bits per heavy atom. The first-order valence-corrected chi connectivity index (χ1v) is 6.19. The third-order valence-corrected chi connectivity index (χ3v) is 3.89. The number of hydrogen-bond acceptors (Lipinski definition) is 3. The Hall–Kier alpha value is -1.74. The van der Waals surface area contributed by atoms with Crippen LogP contribution >= 0.6 is 0 Å². The number of Topliss-reactive ketones (excluding diaryl/α,β-unsaturated/α-hetero) is 1. The van der Waals surface area contributed by atoms with E-state index < -0.39 is 5.60 Å². The quantitative estimate of drug-likeness (QED) is 0.775. The average Bonchev–Trinajstić information content (AvgIpc) is 2.37. The highest BCUT2D eigenvalue weighted by Crippen LogP contribution is 2.39. The van der Waals surface area contributed by atoms with E-state index in [-0.39, 0.29) is 5.78 Å². The summed E-state index contributed by atoms with van der Waals surface area (Å²) in [6.07, 6.45) is 6.21. The molecule has 0 bridgehead atoms. The minimum absolute atomic E-state index is 0.105. The number of carbonyl (C=O) groups excluding carboxylic acids is 1. The lowest BCUT2D eigenvalue weighted by Crippen LogP contribution is -2.47. The van der Waals surface area contributed by atoms with Gasteiger partial charge >= 0.3 is 0 Å². The molecule has 2 aromatic rings. The van der Waals surface area contributed by atoms with Crippen LogP contribution in [0, 0.1) is 0 Å². The second kappa shape index (κ2) is 4.18. The number of fused-ring (bicyclic) bond motifs is 1. The van der Waals surface area contributed by atoms with Crippen LogP contribution in [0.4, 0.5) is 0 Å². The van der Waals surface area contributed by atoms with Gasteiger partial charge in [-0.2, -0.15) is 0 Å². The molecule has 1 aliphatic carbocycles. The lowest BCUT2D eigenvalue weighted by molar-refractivity contribution is -0.0447. The minimum Gasteiger partial charge on any atom is -0.370 e. The molecule has 0 atom stereocenters. The van der Waals surface area contributed by atoms with Gasteiger partial charge in [-0.25, -0.2) is 0 Å². The molecule has 0 N–H and O–H groups in total. The maximum atomic E-state index is 12.6. The smallest absolute Gasteiger partial charge is 0.195 e. The van der Waals surface area contributed by atoms with Crippen molar-refractivity contribution >= 4 is 16.6 Å². The van der Waals surface area contributed by atoms with Crippen LogP contribution in [0.5, 0.6) is 0 Å². The van der Waals surface area contributed by atoms with Crippen molar-refractivity contribution in [2.75, 3.05) is 7.11 Å². The molecule has 1 aromatic heterocycles. The van der Waals surface area contributed by atoms with Crippen LogP contribution in [0.25, 0.3) is 10.8 Å². The Labute approximate surface area is 106 Å². The van der Waals surface area contributed by atoms with Gasteiger partial charge in [-0.05, 0) is 30.7 Å². The molecule has 1 fully saturated rings. The minimum atomic E-state index is -0.586. The Kier molecular flexibility index (Phi) is 2.63. The number of rotatable bonds is 3. The van der Waals surface area contributed by atoms with Crippen LogP contribution in [0.1, 0.15) is 29.6 Å². The number of ketones is 1. The fraction of sp³-hybridized carbons (Fsp3) is 0.333. The first-order valence-electron chi connectivity index (χ1n) is 6.19. The zero-order valence-corrected chi connectivity index (χ0v) is 10.3. The maximum absolute atomic E-state index is 12.6. The summed E-state index contributed by atoms with van der Waals surface area (Å²) in [5, 5.41) is 1.95. The highest BCUT2D eigenvalue weighted by atomic mass is 16.5. The van der Waals surface area contributed by atoms with E-state index in [1.165, 1.54) is 0 Å². The van der Waals surface area contributed by atoms with E-state index in [1.807, 2.05) is 24.3 Å². The fourth-order valence-corrected chi connectivity index (χ4v) is 2.59. The summed E-state index contributed by atoms with van der Waals surface area (Å²) in [6, 6.07) is 7.65. The molecule has 0 radical (unpaired) electrons. The summed E-state index contributed by atoms with van der Waals surface area (Å²) in [5.41, 5.74) is 0.161. The van der Waals surface area contributed by atoms with Crippen molar-refractivity contribution < 1.29 is 9.53 Å². The molecule has 0 spiro atoms. The summed E-state index contributed by atoms with van der Waals surface area (Å²) < 4.78 is 5.47. The largest absolute Gasteiger partial charge is 0.370 e. The number of methoxy groups -OCH3 is 1. The molecule has 1 heterocycles. The first-order chi connectivity index (χ1) is 8.77. The molecule has 0 amide bonds. The topological polar surface area (TPSA) is 39.2 Å². The lowest BCUT2D eigenvalue weighted by Gasteiger charge is -2.39. The summed E-state index contributed by atoms with van der Waals surface area (Å²) in [4.78, 5) is 16.7. The molecule has 0 aliphatic heterocycles. The van der Waals surface area contributed by atoms with Crippen molar-refractivity contribution in [1.29, 1.82) is 0 Å². The van der Waals surface area contributed by atoms with E-state index in [0.717, 1.165) is 35.6 Å². The van der Waals surface area contributed by atoms with Crippen LogP contribution in [-0.4, -0.2) is 23.5 Å². The second-order valence-electron chi connectivity index (χ2n) is 4.78. The monoisotopic (exact) mass is 241 g/mol. The van der Waals surface area contributed by atoms with Crippen LogP contribution in [-0.2, 0) is 4.74 Å². The van der Waals surface area contributed by atoms with Gasteiger partial charge in [0.1, 0.15) is 5.60 Å². The van der Waals surface area contributed by atoms with Gasteiger partial charge in [-0.3, -0.25) is 9.78 Å². The predicted octanol–water partition coefficient (Wildman–Crippen LogP) is 2.99. The van der Waals surface area contributed by atoms with E-state index in [0.29, 0.717) is 0 Å². The van der Waals surface area contributed by atoms with Crippen molar-refractivity contribution in [2.45, 2.75) is 24.9 Å². The van der Waals surface area contributed by atoms with Crippen molar-refractivity contribution in [1.82, 2.24) is 4.98 Å². The highest BCUT2D eigenvalue weighted by molar-refractivity contribution is 6.12. The molecule has 1 saturated carbocycles. The number of nitrogens with zero attached hydrogens (tertiary/aromatic N) is 1. The third-order valence-electron chi connectivity index (χ3n) is 3.89. The molecule has 3 heteroatoms. The van der Waals surface area contributed by atoms with Crippen LogP contribution in [0.15, 0.2) is 36.7 Å². The summed E-state index contributed by atoms with van der Waals surface area (Å²) in [6.45, 7) is 0. The number of ether oxygens (including phenoxy) is 1. The van der Waals surface area contributed by atoms with Crippen molar-refractivity contribution in [2.24, 2.45) is 0 Å². The van der Waals surface area contributed by atoms with Crippen molar-refractivity contribution in [3.63, 3.8) is 0 Å². The Morgan fingerprint density at radius 2 is 2.17 bits per heavy atom. The normalized spacial score (nSPS) is 17.4. The number of hydrogen-bond donors (Lipinski definition) is 0. The summed E-state index contributed by atoms with van der Waals surface area (Å²) in [7, 11) is 1.63. The molecule has 92 valence electrons. The van der Waals surface area contributed by atoms with E-state index in [2.05, 4.69) is 4.98 Å². The first kappa shape index (κ1) is 11.4. The molecule has 1 aromatic carbocycles. The highest BCUT2D eigenvalue weighted by Gasteiger charge is 2.44. The van der Waals surface area contributed by atoms with Crippen LogP contribution < -0.4 is 0 Å². The van der Waals surface area contributed by atoms with Crippen molar-refractivity contribution in [3.05, 3.63) is 42.2 Å². The molecular formula is C15H15NO2. The van der Waals surface area contributed by atoms with E-state index in [4.69, 9.17) is 4.74 Å². The Balaban J connectivity index is 2.12. The molecule has 18 heavy (non-hydrogen) atoms. The Bertz CT molecular complexity index is 591. The number of pyridine rings is 1. The third kappa shape index (κ3) is 1.55. The Morgan fingerprint density at radius 1 is 1.33 bits per heavy atom. The summed E-state index contributed by atoms with van der Waals surface area (Å²) in [5.74, 6) is 0.105. The average molecular weight is 241 g/mol. The zero-order chi connectivity index (χ0) is 12.6. The van der Waals surface area contributed by atoms with Crippen molar-refractivity contribution in [3.8, 4) is 0 Å². The van der Waals surface area contributed by atoms with Gasteiger partial charge < -0.3 is 4.74 Å². The number of benzene rings is 1. The van der Waals surface area contributed by atoms with Gasteiger partial charge in [0, 0.05) is 30.5 Å². The van der Waals surface area contributed by atoms with E-state index in [9.17, 15) is 4.79 Å². The molecule has 3 nitrogen and oxygen atoms in total. The van der Waals surface area contributed by atoms with E-state index >= 15 is 0 Å². The number of carbonyl (C=O) groups is 1. The zero-order valence-electron chi connectivity index (χ0n) is 10.3. The van der Waals surface area contributed by atoms with Crippen LogP contribution in [0.3, 0.4) is 0 Å². The lowest BCUT2D eigenvalue weighted by atomic mass is 9.74. The van der Waals surface area contributed by atoms with Gasteiger partial charge in [0.15, 0.2) is 5.78 Å². The molecule has 1 aliphatic rings. The fourth-order valence-electron chi connectivity index (χ4n) is 2.59. The molecule has 3 rings (SSSR count). The summed E-state index contributed by atoms with van der Waals surface area (Å²) >= 11 is 0. The standard InChI is InChI=1S/C15H15NO2/c1-18-15(7-3-8-15)14(17)13-5-2-4-11-10-16-9-6-12(11)13/h2,4-6,9-10H,3,7-8H2,1H3. The SMILES string of the molecule is COC1(C(=O)c2cccc3cnccc23)CCC1. The van der Waals surface area contributed by atoms with Crippen LogP contribution in [0.2, 0.25) is 0 Å². The second-order valence-corrected chi connectivity index (χ2v) is 4.78. The molecular weight excluding hydrogens is 226 g/mol. The van der Waals surface area contributed by atoms with Gasteiger partial charge in [-0.1, -0.05) is 18.2 Å². The van der Waals surface area contributed by atoms with E-state index in [1.54, 1.807) is 19.5 Å². The predicted molar refractivity (Wildman–Crippen MR) is 69.7 cm³/mol. The van der Waals surface area contributed by atoms with Gasteiger partial charge in [0.05, 0.1) is 0 Å². The van der Waals surface area contributed by atoms with Gasteiger partial charge in [0.2, 0.25) is 0 Å². The molecule has 0 saturated heterocycles. The van der Waals surface area contributed by atoms with Gasteiger partial charge in [0.25, 0.3) is 0 Å². The number of aromatic nitrogens is 1. The maximum Gasteiger partial charge on any atom is 0.195 e. The van der Waals surface area contributed by atoms with Gasteiger partial charge in [-0.15, -0.1) is 0 Å². The molecule has 0 unspecified atom stereocenters.